The molecule has 0 aromatic heterocycles. The average molecular weight is 2160 g/mol. The minimum atomic E-state index is -0.647. The smallest absolute Gasteiger partial charge is 0.410 e. The molecule has 888 valence electrons. The number of cyclic esters (lactones) is 1. The van der Waals surface area contributed by atoms with Gasteiger partial charge in [-0.05, 0) is 315 Å². The van der Waals surface area contributed by atoms with Crippen molar-refractivity contribution in [1.82, 2.24) is 64.1 Å². The number of nitrogens with one attached hydrogen (secondary N) is 1. The number of rotatable bonds is 39. The largest absolute Gasteiger partial charge is 0.481 e. The summed E-state index contributed by atoms with van der Waals surface area (Å²) in [7, 11) is 32.9. The SMILES string of the molecule is COCC1CCCCN1C.COCCC1CCN(C)CC1.COCCC1CCN(C2CCCC2)CC1.COCCN(C)C1CCN(C)CC1.COCCN1CCC(C(=O)O)CC1.COCCN1CCOC1=O.COCCN1CCOCC1.COCCOC1CCN(C(=O)OC(C)(C)C)CC1.COCCOC1CCN(C)CC1.COCCOC1CCNCC1.COC[C@@H]1CCCN1C(=O)OC.COC[C@@H]1CCCN1C(=O)OC(C)(C)C. The van der Waals surface area contributed by atoms with Crippen LogP contribution in [0.3, 0.4) is 0 Å². The van der Waals surface area contributed by atoms with E-state index < -0.39 is 17.2 Å². The normalized spacial score (nSPS) is 21.8. The predicted octanol–water partition coefficient (Wildman–Crippen LogP) is 12.4. The van der Waals surface area contributed by atoms with Gasteiger partial charge in [-0.1, -0.05) is 19.3 Å². The van der Waals surface area contributed by atoms with Crippen LogP contribution in [-0.2, 0) is 99.5 Å². The number of carboxylic acids is 1. The summed E-state index contributed by atoms with van der Waals surface area (Å²) in [5, 5.41) is 12.1. The van der Waals surface area contributed by atoms with Gasteiger partial charge in [0.25, 0.3) is 0 Å². The fourth-order valence-corrected chi connectivity index (χ4v) is 19.6. The molecule has 12 aliphatic heterocycles. The van der Waals surface area contributed by atoms with Crippen molar-refractivity contribution in [1.29, 1.82) is 0 Å². The van der Waals surface area contributed by atoms with Gasteiger partial charge in [0.1, 0.15) is 17.8 Å². The van der Waals surface area contributed by atoms with Gasteiger partial charge >= 0.3 is 30.3 Å². The number of likely N-dealkylation sites (tertiary alicyclic amines) is 9. The lowest BCUT2D eigenvalue weighted by Gasteiger charge is -2.36. The van der Waals surface area contributed by atoms with Gasteiger partial charge in [-0.3, -0.25) is 9.69 Å². The monoisotopic (exact) mass is 2150 g/mol. The molecule has 1 saturated carbocycles. The van der Waals surface area contributed by atoms with Crippen molar-refractivity contribution >= 4 is 30.3 Å². The van der Waals surface area contributed by atoms with Gasteiger partial charge in [-0.15, -0.1) is 0 Å². The van der Waals surface area contributed by atoms with E-state index in [0.29, 0.717) is 97.3 Å². The number of carboxylic acid groups (broad SMARTS) is 1. The Balaban J connectivity index is 0.000000555. The minimum Gasteiger partial charge on any atom is -0.481 e. The van der Waals surface area contributed by atoms with Crippen molar-refractivity contribution in [3.63, 3.8) is 0 Å². The highest BCUT2D eigenvalue weighted by Crippen LogP contribution is 2.31. The van der Waals surface area contributed by atoms with Crippen LogP contribution in [0.4, 0.5) is 19.2 Å². The first-order chi connectivity index (χ1) is 72.2. The molecule has 0 bridgehead atoms. The van der Waals surface area contributed by atoms with Crippen LogP contribution in [0, 0.1) is 17.8 Å². The van der Waals surface area contributed by atoms with Gasteiger partial charge in [0.05, 0.1) is 149 Å². The van der Waals surface area contributed by atoms with Crippen molar-refractivity contribution < 1.29 is 124 Å². The Morgan fingerprint density at radius 2 is 0.773 bits per heavy atom. The fraction of sp³-hybridized carbons (Fsp3) is 0.955. The number of hydrogen-bond acceptors (Lipinski definition) is 34. The predicted molar refractivity (Wildman–Crippen MR) is 592 cm³/mol. The molecule has 150 heavy (non-hydrogen) atoms. The van der Waals surface area contributed by atoms with Crippen LogP contribution < -0.4 is 5.32 Å². The quantitative estimate of drug-likeness (QED) is 0.0426. The third kappa shape index (κ3) is 70.4. The summed E-state index contributed by atoms with van der Waals surface area (Å²) in [6.07, 6.45) is 32.8. The zero-order valence-electron chi connectivity index (χ0n) is 99.2. The number of aliphatic carboxylic acids is 1. The molecule has 12 saturated heterocycles. The number of morpholine rings is 1. The van der Waals surface area contributed by atoms with Crippen LogP contribution in [0.1, 0.15) is 215 Å². The van der Waals surface area contributed by atoms with Gasteiger partial charge in [0.2, 0.25) is 0 Å². The summed E-state index contributed by atoms with van der Waals surface area (Å²) < 4.78 is 102. The molecule has 0 aromatic carbocycles. The molecule has 39 nitrogen and oxygen atoms in total. The fourth-order valence-electron chi connectivity index (χ4n) is 19.6. The maximum absolute atomic E-state index is 11.8. The van der Waals surface area contributed by atoms with Crippen LogP contribution >= 0.6 is 0 Å². The van der Waals surface area contributed by atoms with E-state index in [1.165, 1.54) is 162 Å². The van der Waals surface area contributed by atoms with Crippen LogP contribution in [0.5, 0.6) is 0 Å². The van der Waals surface area contributed by atoms with E-state index in [4.69, 9.17) is 95.1 Å². The second kappa shape index (κ2) is 90.4. The zero-order chi connectivity index (χ0) is 111. The molecule has 4 amide bonds. The lowest BCUT2D eigenvalue weighted by Crippen LogP contribution is -2.43. The molecular weight excluding hydrogens is 1930 g/mol. The van der Waals surface area contributed by atoms with E-state index in [0.717, 1.165) is 239 Å². The zero-order valence-corrected chi connectivity index (χ0v) is 99.2. The highest BCUT2D eigenvalue weighted by atomic mass is 16.6. The lowest BCUT2D eigenvalue weighted by atomic mass is 9.93. The number of nitrogens with zero attached hydrogens (tertiary/aromatic N) is 12. The summed E-state index contributed by atoms with van der Waals surface area (Å²) in [6.45, 7) is 49.4. The lowest BCUT2D eigenvalue weighted by molar-refractivity contribution is -0.143. The molecule has 12 heterocycles. The summed E-state index contributed by atoms with van der Waals surface area (Å²) in [5.41, 5.74) is -0.847. The van der Waals surface area contributed by atoms with E-state index in [9.17, 15) is 24.0 Å². The third-order valence-electron chi connectivity index (χ3n) is 29.2. The summed E-state index contributed by atoms with van der Waals surface area (Å²) in [5.74, 6) is 1.08. The number of carbonyl (C=O) groups is 5. The highest BCUT2D eigenvalue weighted by Gasteiger charge is 2.35. The highest BCUT2D eigenvalue weighted by molar-refractivity contribution is 5.71. The topological polar surface area (TPSA) is 341 Å². The summed E-state index contributed by atoms with van der Waals surface area (Å²) in [4.78, 5) is 82.3. The van der Waals surface area contributed by atoms with Gasteiger partial charge in [-0.2, -0.15) is 0 Å². The van der Waals surface area contributed by atoms with Crippen LogP contribution in [0.15, 0.2) is 0 Å². The molecule has 13 aliphatic rings. The van der Waals surface area contributed by atoms with Crippen LogP contribution in [-0.4, -0.2) is 558 Å². The second-order valence-electron chi connectivity index (χ2n) is 43.4. The maximum atomic E-state index is 11.8. The Morgan fingerprint density at radius 1 is 0.373 bits per heavy atom. The van der Waals surface area contributed by atoms with Gasteiger partial charge < -0.3 is 159 Å². The molecule has 2 N–H and O–H groups in total. The number of likely N-dealkylation sites (N-methyl/N-ethyl adjacent to an activating group) is 2. The summed E-state index contributed by atoms with van der Waals surface area (Å²) in [6, 6.07) is 2.78. The molecule has 0 radical (unpaired) electrons. The average Bonchev–Trinajstić information content (AvgIpc) is 1.73. The first kappa shape index (κ1) is 142. The first-order valence-corrected chi connectivity index (χ1v) is 56.9. The molecule has 1 unspecified atom stereocenters. The van der Waals surface area contributed by atoms with Gasteiger partial charge in [0.15, 0.2) is 0 Å². The van der Waals surface area contributed by atoms with Crippen molar-refractivity contribution in [2.75, 3.05) is 404 Å². The molecule has 39 heteroatoms. The van der Waals surface area contributed by atoms with E-state index in [-0.39, 0.29) is 48.5 Å². The van der Waals surface area contributed by atoms with Crippen molar-refractivity contribution in [3.05, 3.63) is 0 Å². The molecule has 13 rings (SSSR count). The van der Waals surface area contributed by atoms with E-state index in [2.05, 4.69) is 84.5 Å². The Bertz CT molecular complexity index is 3120. The van der Waals surface area contributed by atoms with E-state index >= 15 is 0 Å². The maximum Gasteiger partial charge on any atom is 0.410 e. The van der Waals surface area contributed by atoms with Gasteiger partial charge in [-0.25, -0.2) is 19.2 Å². The van der Waals surface area contributed by atoms with Crippen LogP contribution in [0.25, 0.3) is 0 Å². The second-order valence-corrected chi connectivity index (χ2v) is 43.4. The van der Waals surface area contributed by atoms with Gasteiger partial charge in [0, 0.05) is 195 Å². The van der Waals surface area contributed by atoms with Crippen molar-refractivity contribution in [3.8, 4) is 0 Å². The molecule has 1 aliphatic carbocycles. The number of carbonyl (C=O) groups excluding carboxylic acids is 4. The molecule has 3 atom stereocenters. The van der Waals surface area contributed by atoms with Crippen LogP contribution in [0.2, 0.25) is 0 Å². The Morgan fingerprint density at radius 3 is 1.20 bits per heavy atom. The summed E-state index contributed by atoms with van der Waals surface area (Å²) >= 11 is 0. The third-order valence-corrected chi connectivity index (χ3v) is 29.2. The number of methoxy groups -OCH3 is 13. The minimum absolute atomic E-state index is 0.126. The van der Waals surface area contributed by atoms with Crippen molar-refractivity contribution in [2.45, 2.75) is 275 Å². The van der Waals surface area contributed by atoms with Crippen molar-refractivity contribution in [2.24, 2.45) is 17.8 Å². The molecule has 13 fully saturated rings. The first-order valence-electron chi connectivity index (χ1n) is 56.9. The van der Waals surface area contributed by atoms with E-state index in [1.807, 2.05) is 48.7 Å². The molecule has 0 aromatic rings. The molecular formula is C111H223N13O26. The number of amides is 4. The Hall–Kier alpha value is -4.45. The molecule has 0 spiro atoms. The number of ether oxygens (including phenoxy) is 20. The Kier molecular flexibility index (Phi) is 85.3. The van der Waals surface area contributed by atoms with E-state index in [1.54, 1.807) is 97.8 Å². The standard InChI is InChI=1S/C13H25NO4.C13H25NO.C11H21NO3.C10H22N2O.C9H17NO3.C9H19NO2.C9H19NO.C8H15NO3.C8H17NO2.C8H17NO.C7H15NO2.C6H11NO3/c1-13(2,3)18-12(15)14-7-5-11(6-8-14)17-10-9-16-4;1-15-11-8-12-6-9-14(10-7-12)13-4-2-3-5-13;1-11(2,3)15-10(13)12-7-5-6-9(12)8-14-4;1-11-6-4-10(5-7-11)12(2)8-9-13-3;1-13-7-6-10-4-2-8(3-5-10)9(11)12;1-10-5-3-9(4-6-10)12-8-7-11-2;1-10-6-3-9(4-7-10)5-8-11-2;1-11-6-7-4-3-5-9(7)8(10)12-2;1-10-6-7-11-8-2-4-9-5-3-8;1-9-6-4-3-5-8(9)7-10-2;1-9-5-2-8-3-6-10-7-4-8;1-9-4-2-7-3-5-10-6(7)8/h11H,5-10H2,1-4H3;12-13H,2-11H2,1H3;9H,5-8H2,1-4H3;10H,4-9H2,1-3H3;8H,2-7H2,1H3,(H,11,12);9H,3-8H2,1-2H3;9H,3-8H2,1-2H3;7H,3-6H2,1-2H3;8-9H,2-7H2,1H3;8H,3-7H2,1-2H3;2-7H2,1H3;2-5H2,1H3/t;;9-;;;;;7-;;;;/m..0....0..../s1. The number of hydrogen-bond donors (Lipinski definition) is 2. The Labute approximate surface area is 909 Å². The number of piperidine rings is 8.